The molecule has 1 atom stereocenters. The molecule has 0 fully saturated rings. The summed E-state index contributed by atoms with van der Waals surface area (Å²) in [6.07, 6.45) is 2.30. The number of nitrogens with two attached hydrogens (primary N) is 1. The Morgan fingerprint density at radius 2 is 1.64 bits per heavy atom. The van der Waals surface area contributed by atoms with Crippen LogP contribution in [0.1, 0.15) is 53.9 Å². The Morgan fingerprint density at radius 3 is 2.00 bits per heavy atom. The molecule has 7 nitrogen and oxygen atoms in total. The summed E-state index contributed by atoms with van der Waals surface area (Å²) in [4.78, 5) is 33.0. The molecule has 1 unspecified atom stereocenters. The summed E-state index contributed by atoms with van der Waals surface area (Å²) in [7, 11) is 1.65. The predicted molar refractivity (Wildman–Crippen MR) is 90.7 cm³/mol. The number of hydrogen-bond acceptors (Lipinski definition) is 4. The molecule has 0 saturated carbocycles. The van der Waals surface area contributed by atoms with Crippen LogP contribution in [0.5, 0.6) is 0 Å². The number of primary amides is 1. The molecule has 0 aliphatic rings. The summed E-state index contributed by atoms with van der Waals surface area (Å²) in [5, 5.41) is 7.73. The summed E-state index contributed by atoms with van der Waals surface area (Å²) < 4.78 is 0. The molecular formula is C15H34N4O3. The maximum absolute atomic E-state index is 11.3. The van der Waals surface area contributed by atoms with Gasteiger partial charge in [-0.2, -0.15) is 0 Å². The molecule has 0 aliphatic heterocycles. The fraction of sp³-hybridized carbons (Fsp3) is 0.800. The van der Waals surface area contributed by atoms with E-state index < -0.39 is 12.1 Å². The van der Waals surface area contributed by atoms with Crippen molar-refractivity contribution < 1.29 is 14.4 Å². The molecule has 0 spiro atoms. The summed E-state index contributed by atoms with van der Waals surface area (Å²) in [6, 6.07) is -1.10. The van der Waals surface area contributed by atoms with Gasteiger partial charge in [-0.05, 0) is 26.8 Å². The zero-order valence-corrected chi connectivity index (χ0v) is 14.9. The lowest BCUT2D eigenvalue weighted by molar-refractivity contribution is -0.126. The number of rotatable bonds is 8. The molecule has 0 aromatic carbocycles. The molecule has 0 aliphatic carbocycles. The maximum atomic E-state index is 11.3. The molecule has 22 heavy (non-hydrogen) atoms. The van der Waals surface area contributed by atoms with Crippen LogP contribution in [0.25, 0.3) is 0 Å². The molecule has 0 aromatic rings. The van der Waals surface area contributed by atoms with Crippen LogP contribution in [0.2, 0.25) is 0 Å². The smallest absolute Gasteiger partial charge is 0.312 e. The minimum Gasteiger partial charge on any atom is -0.352 e. The van der Waals surface area contributed by atoms with Gasteiger partial charge in [0.05, 0.1) is 12.6 Å². The van der Waals surface area contributed by atoms with Gasteiger partial charge in [0, 0.05) is 6.54 Å². The molecule has 7 heteroatoms. The average molecular weight is 318 g/mol. The van der Waals surface area contributed by atoms with Crippen molar-refractivity contribution in [3.8, 4) is 0 Å². The monoisotopic (exact) mass is 318 g/mol. The van der Waals surface area contributed by atoms with Gasteiger partial charge in [0.15, 0.2) is 5.78 Å². The number of likely N-dealkylation sites (N-methyl/N-ethyl adjacent to an activating group) is 1. The van der Waals surface area contributed by atoms with Crippen molar-refractivity contribution in [3.05, 3.63) is 0 Å². The Morgan fingerprint density at radius 1 is 1.14 bits per heavy atom. The van der Waals surface area contributed by atoms with Crippen molar-refractivity contribution >= 4 is 17.7 Å². The van der Waals surface area contributed by atoms with Crippen LogP contribution in [0.15, 0.2) is 0 Å². The van der Waals surface area contributed by atoms with Crippen LogP contribution in [0.4, 0.5) is 4.79 Å². The van der Waals surface area contributed by atoms with Crippen molar-refractivity contribution in [1.29, 1.82) is 0 Å². The Balaban J connectivity index is -0.000000637. The molecule has 0 saturated heterocycles. The number of urea groups is 1. The van der Waals surface area contributed by atoms with Gasteiger partial charge in [-0.3, -0.25) is 9.59 Å². The standard InChI is InChI=1S/C10H20N4O3.C3H8.C2H6/c1-7(15)8(14-9(16)6-12-2)4-3-5-13-10(11)17;1-3-2;1-2/h8,12H,3-6H2,1-2H3,(H,14,16)(H3,11,13,17);3H2,1-2H3;1-2H3. The SMILES string of the molecule is CC.CCC.CNCC(=O)NC(CCCNC(N)=O)C(C)=O. The van der Waals surface area contributed by atoms with Gasteiger partial charge in [-0.1, -0.05) is 34.1 Å². The van der Waals surface area contributed by atoms with Crippen LogP contribution < -0.4 is 21.7 Å². The molecule has 0 rings (SSSR count). The predicted octanol–water partition coefficient (Wildman–Crippen LogP) is 1.17. The highest BCUT2D eigenvalue weighted by Gasteiger charge is 2.15. The van der Waals surface area contributed by atoms with Crippen molar-refractivity contribution in [2.75, 3.05) is 20.1 Å². The van der Waals surface area contributed by atoms with Crippen LogP contribution >= 0.6 is 0 Å². The quantitative estimate of drug-likeness (QED) is 0.503. The van der Waals surface area contributed by atoms with Crippen molar-refractivity contribution in [2.45, 2.75) is 59.9 Å². The number of carbonyl (C=O) groups is 3. The van der Waals surface area contributed by atoms with Crippen LogP contribution in [-0.4, -0.2) is 43.9 Å². The molecule has 0 radical (unpaired) electrons. The number of hydrogen-bond donors (Lipinski definition) is 4. The third-order valence-electron chi connectivity index (χ3n) is 2.13. The number of amides is 3. The minimum absolute atomic E-state index is 0.103. The number of nitrogens with one attached hydrogen (secondary N) is 3. The molecule has 0 heterocycles. The number of carbonyl (C=O) groups excluding carboxylic acids is 3. The van der Waals surface area contributed by atoms with Crippen LogP contribution in [0.3, 0.4) is 0 Å². The van der Waals surface area contributed by atoms with Gasteiger partial charge >= 0.3 is 6.03 Å². The lowest BCUT2D eigenvalue weighted by atomic mass is 10.1. The van der Waals surface area contributed by atoms with E-state index in [4.69, 9.17) is 5.73 Å². The molecule has 0 aromatic heterocycles. The van der Waals surface area contributed by atoms with Gasteiger partial charge in [-0.15, -0.1) is 0 Å². The van der Waals surface area contributed by atoms with E-state index in [0.717, 1.165) is 0 Å². The second-order valence-corrected chi connectivity index (χ2v) is 4.40. The first-order chi connectivity index (χ1) is 10.4. The van der Waals surface area contributed by atoms with E-state index in [0.29, 0.717) is 19.4 Å². The van der Waals surface area contributed by atoms with Crippen molar-refractivity contribution in [1.82, 2.24) is 16.0 Å². The number of Topliss-reactive ketones (excluding diaryl/α,β-unsaturated/α-hetero) is 1. The van der Waals surface area contributed by atoms with Gasteiger partial charge in [0.1, 0.15) is 0 Å². The van der Waals surface area contributed by atoms with Crippen molar-refractivity contribution in [3.63, 3.8) is 0 Å². The maximum Gasteiger partial charge on any atom is 0.312 e. The van der Waals surface area contributed by atoms with Gasteiger partial charge in [0.25, 0.3) is 0 Å². The van der Waals surface area contributed by atoms with E-state index in [-0.39, 0.29) is 18.2 Å². The first-order valence-corrected chi connectivity index (χ1v) is 7.86. The fourth-order valence-electron chi connectivity index (χ4n) is 1.30. The molecular weight excluding hydrogens is 284 g/mol. The lowest BCUT2D eigenvalue weighted by Gasteiger charge is -2.15. The van der Waals surface area contributed by atoms with Gasteiger partial charge < -0.3 is 21.7 Å². The molecule has 132 valence electrons. The van der Waals surface area contributed by atoms with Crippen LogP contribution in [0, 0.1) is 0 Å². The lowest BCUT2D eigenvalue weighted by Crippen LogP contribution is -2.43. The molecule has 3 amide bonds. The Labute approximate surface area is 134 Å². The second-order valence-electron chi connectivity index (χ2n) is 4.40. The zero-order valence-electron chi connectivity index (χ0n) is 14.9. The Kier molecular flexibility index (Phi) is 22.3. The highest BCUT2D eigenvalue weighted by atomic mass is 16.2. The fourth-order valence-corrected chi connectivity index (χ4v) is 1.30. The summed E-state index contributed by atoms with van der Waals surface area (Å²) in [5.41, 5.74) is 4.89. The highest BCUT2D eigenvalue weighted by Crippen LogP contribution is 1.98. The summed E-state index contributed by atoms with van der Waals surface area (Å²) in [5.74, 6) is -0.330. The average Bonchev–Trinajstić information content (AvgIpc) is 2.45. The van der Waals surface area contributed by atoms with E-state index in [1.165, 1.54) is 13.3 Å². The topological polar surface area (TPSA) is 113 Å². The summed E-state index contributed by atoms with van der Waals surface area (Å²) in [6.45, 7) is 10.2. The van der Waals surface area contributed by atoms with Gasteiger partial charge in [0.2, 0.25) is 5.91 Å². The van der Waals surface area contributed by atoms with Gasteiger partial charge in [-0.25, -0.2) is 4.79 Å². The largest absolute Gasteiger partial charge is 0.352 e. The van der Waals surface area contributed by atoms with E-state index in [2.05, 4.69) is 29.8 Å². The van der Waals surface area contributed by atoms with E-state index in [9.17, 15) is 14.4 Å². The first-order valence-electron chi connectivity index (χ1n) is 7.86. The summed E-state index contributed by atoms with van der Waals surface area (Å²) >= 11 is 0. The number of ketones is 1. The first kappa shape index (κ1) is 25.3. The Hall–Kier alpha value is -1.63. The van der Waals surface area contributed by atoms with Crippen LogP contribution in [-0.2, 0) is 9.59 Å². The van der Waals surface area contributed by atoms with E-state index in [1.807, 2.05) is 13.8 Å². The highest BCUT2D eigenvalue weighted by molar-refractivity contribution is 5.88. The third kappa shape index (κ3) is 20.7. The minimum atomic E-state index is -0.594. The zero-order chi connectivity index (χ0) is 18.0. The second kappa shape index (κ2) is 19.4. The molecule has 5 N–H and O–H groups in total. The third-order valence-corrected chi connectivity index (χ3v) is 2.13. The van der Waals surface area contributed by atoms with Crippen molar-refractivity contribution in [2.24, 2.45) is 5.73 Å². The molecule has 0 bridgehead atoms. The Bertz CT molecular complexity index is 297. The van der Waals surface area contributed by atoms with E-state index in [1.54, 1.807) is 7.05 Å². The van der Waals surface area contributed by atoms with E-state index >= 15 is 0 Å². The normalized spacial score (nSPS) is 10.1.